The molecule has 0 aromatic heterocycles. The summed E-state index contributed by atoms with van der Waals surface area (Å²) >= 11 is 0. The topological polar surface area (TPSA) is 15.8 Å². The number of hydrogen-bond donors (Lipinski definition) is 0. The molecule has 14 heavy (non-hydrogen) atoms. The molecule has 0 radical (unpaired) electrons. The number of likely N-dealkylation sites (N-methyl/N-ethyl adjacent to an activating group) is 1. The van der Waals surface area contributed by atoms with Gasteiger partial charge in [-0.15, -0.1) is 0 Å². The molecular weight excluding hydrogens is 174 g/mol. The van der Waals surface area contributed by atoms with Gasteiger partial charge in [0.2, 0.25) is 0 Å². The van der Waals surface area contributed by atoms with E-state index >= 15 is 0 Å². The molecule has 1 saturated heterocycles. The Morgan fingerprint density at radius 1 is 1.29 bits per heavy atom. The molecule has 1 rings (SSSR count). The Balaban J connectivity index is 2.23. The van der Waals surface area contributed by atoms with Gasteiger partial charge in [0.15, 0.2) is 0 Å². The van der Waals surface area contributed by atoms with Crippen LogP contribution in [0, 0.1) is 0 Å². The number of hydrogen-bond acceptors (Lipinski definition) is 2. The summed E-state index contributed by atoms with van der Waals surface area (Å²) in [5, 5.41) is 0. The molecule has 0 aromatic rings. The average molecular weight is 199 g/mol. The van der Waals surface area contributed by atoms with Crippen LogP contribution in [0.15, 0.2) is 0 Å². The van der Waals surface area contributed by atoms with E-state index in [4.69, 9.17) is 4.74 Å². The fraction of sp³-hybridized carbons (Fsp3) is 1.00. The van der Waals surface area contributed by atoms with Crippen LogP contribution in [0.3, 0.4) is 0 Å². The quantitative estimate of drug-likeness (QED) is 0.463. The third-order valence-corrected chi connectivity index (χ3v) is 3.26. The lowest BCUT2D eigenvalue weighted by Gasteiger charge is -2.27. The van der Waals surface area contributed by atoms with Crippen LogP contribution in [0.2, 0.25) is 0 Å². The summed E-state index contributed by atoms with van der Waals surface area (Å²) in [7, 11) is 4.33. The van der Waals surface area contributed by atoms with Gasteiger partial charge in [-0.1, -0.05) is 32.6 Å². The summed E-state index contributed by atoms with van der Waals surface area (Å²) in [6.45, 7) is 5.44. The molecule has 1 aliphatic heterocycles. The molecular formula is C12H25NO. The Labute approximate surface area is 88.6 Å². The lowest BCUT2D eigenvalue weighted by atomic mass is 9.95. The summed E-state index contributed by atoms with van der Waals surface area (Å²) in [5.41, 5.74) is 0.162. The zero-order valence-electron chi connectivity index (χ0n) is 10.2. The number of unbranched alkanes of at least 4 members (excludes halogenated alkanes) is 3. The van der Waals surface area contributed by atoms with Crippen molar-refractivity contribution in [1.82, 2.24) is 4.90 Å². The highest BCUT2D eigenvalue weighted by atomic mass is 16.6. The Morgan fingerprint density at radius 3 is 2.36 bits per heavy atom. The fourth-order valence-electron chi connectivity index (χ4n) is 2.18. The van der Waals surface area contributed by atoms with Crippen LogP contribution in [-0.4, -0.2) is 37.2 Å². The molecule has 2 heteroatoms. The van der Waals surface area contributed by atoms with Gasteiger partial charge in [0.25, 0.3) is 0 Å². The SMILES string of the molecule is CCCCCCC(N(C)C)C1(C)CO1. The van der Waals surface area contributed by atoms with E-state index in [0.717, 1.165) is 6.61 Å². The predicted molar refractivity (Wildman–Crippen MR) is 60.6 cm³/mol. The minimum absolute atomic E-state index is 0.162. The van der Waals surface area contributed by atoms with E-state index in [2.05, 4.69) is 32.8 Å². The molecule has 1 aliphatic rings. The third kappa shape index (κ3) is 3.25. The Hall–Kier alpha value is -0.0800. The standard InChI is InChI=1S/C12H25NO/c1-5-6-7-8-9-11(13(3)4)12(2)10-14-12/h11H,5-10H2,1-4H3. The first-order valence-electron chi connectivity index (χ1n) is 5.90. The van der Waals surface area contributed by atoms with Crippen molar-refractivity contribution in [3.63, 3.8) is 0 Å². The van der Waals surface area contributed by atoms with Crippen LogP contribution < -0.4 is 0 Å². The lowest BCUT2D eigenvalue weighted by molar-refractivity contribution is 0.154. The third-order valence-electron chi connectivity index (χ3n) is 3.26. The van der Waals surface area contributed by atoms with E-state index in [1.165, 1.54) is 32.1 Å². The summed E-state index contributed by atoms with van der Waals surface area (Å²) < 4.78 is 5.53. The average Bonchev–Trinajstić information content (AvgIpc) is 2.83. The van der Waals surface area contributed by atoms with Gasteiger partial charge in [-0.25, -0.2) is 0 Å². The molecule has 0 bridgehead atoms. The lowest BCUT2D eigenvalue weighted by Crippen LogP contribution is -2.39. The number of epoxide rings is 1. The van der Waals surface area contributed by atoms with Crippen molar-refractivity contribution in [2.75, 3.05) is 20.7 Å². The monoisotopic (exact) mass is 199 g/mol. The van der Waals surface area contributed by atoms with E-state index in [1.807, 2.05) is 0 Å². The number of rotatable bonds is 7. The van der Waals surface area contributed by atoms with E-state index in [9.17, 15) is 0 Å². The molecule has 1 heterocycles. The molecule has 0 saturated carbocycles. The zero-order valence-corrected chi connectivity index (χ0v) is 10.2. The molecule has 0 amide bonds. The van der Waals surface area contributed by atoms with Crippen molar-refractivity contribution in [3.8, 4) is 0 Å². The van der Waals surface area contributed by atoms with Crippen LogP contribution >= 0.6 is 0 Å². The smallest absolute Gasteiger partial charge is 0.104 e. The summed E-state index contributed by atoms with van der Waals surface area (Å²) in [5.74, 6) is 0. The van der Waals surface area contributed by atoms with E-state index in [0.29, 0.717) is 6.04 Å². The van der Waals surface area contributed by atoms with Gasteiger partial charge in [-0.05, 0) is 27.4 Å². The Morgan fingerprint density at radius 2 is 1.93 bits per heavy atom. The molecule has 2 atom stereocenters. The van der Waals surface area contributed by atoms with Gasteiger partial charge in [0.1, 0.15) is 5.60 Å². The van der Waals surface area contributed by atoms with Crippen molar-refractivity contribution in [2.24, 2.45) is 0 Å². The second-order valence-electron chi connectivity index (χ2n) is 4.93. The first-order chi connectivity index (χ1) is 6.60. The first kappa shape index (κ1) is 12.0. The van der Waals surface area contributed by atoms with Crippen molar-refractivity contribution >= 4 is 0 Å². The predicted octanol–water partition coefficient (Wildman–Crippen LogP) is 2.68. The molecule has 1 fully saturated rings. The molecule has 84 valence electrons. The Bertz CT molecular complexity index is 164. The van der Waals surface area contributed by atoms with Crippen molar-refractivity contribution in [3.05, 3.63) is 0 Å². The van der Waals surface area contributed by atoms with Crippen LogP contribution in [0.25, 0.3) is 0 Å². The van der Waals surface area contributed by atoms with Gasteiger partial charge in [0.05, 0.1) is 6.61 Å². The van der Waals surface area contributed by atoms with Crippen molar-refractivity contribution in [1.29, 1.82) is 0 Å². The highest BCUT2D eigenvalue weighted by molar-refractivity contribution is 4.98. The molecule has 0 aliphatic carbocycles. The van der Waals surface area contributed by atoms with E-state index in [1.54, 1.807) is 0 Å². The van der Waals surface area contributed by atoms with Gasteiger partial charge in [0, 0.05) is 6.04 Å². The number of ether oxygens (including phenoxy) is 1. The maximum Gasteiger partial charge on any atom is 0.104 e. The molecule has 0 aromatic carbocycles. The van der Waals surface area contributed by atoms with Crippen molar-refractivity contribution in [2.45, 2.75) is 57.6 Å². The minimum Gasteiger partial charge on any atom is -0.368 e. The highest BCUT2D eigenvalue weighted by Crippen LogP contribution is 2.34. The second kappa shape index (κ2) is 5.13. The van der Waals surface area contributed by atoms with Crippen LogP contribution in [0.5, 0.6) is 0 Å². The summed E-state index contributed by atoms with van der Waals surface area (Å²) in [6.07, 6.45) is 6.69. The molecule has 2 unspecified atom stereocenters. The van der Waals surface area contributed by atoms with E-state index in [-0.39, 0.29) is 5.60 Å². The van der Waals surface area contributed by atoms with Gasteiger partial charge in [-0.2, -0.15) is 0 Å². The largest absolute Gasteiger partial charge is 0.368 e. The fourth-order valence-corrected chi connectivity index (χ4v) is 2.18. The van der Waals surface area contributed by atoms with E-state index < -0.39 is 0 Å². The molecule has 2 nitrogen and oxygen atoms in total. The normalized spacial score (nSPS) is 28.1. The maximum absolute atomic E-state index is 5.53. The van der Waals surface area contributed by atoms with Gasteiger partial charge < -0.3 is 9.64 Å². The minimum atomic E-state index is 0.162. The second-order valence-corrected chi connectivity index (χ2v) is 4.93. The maximum atomic E-state index is 5.53. The zero-order chi connectivity index (χ0) is 10.6. The molecule has 0 spiro atoms. The van der Waals surface area contributed by atoms with Crippen LogP contribution in [0.1, 0.15) is 46.0 Å². The number of nitrogens with zero attached hydrogens (tertiary/aromatic N) is 1. The van der Waals surface area contributed by atoms with Gasteiger partial charge in [-0.3, -0.25) is 0 Å². The highest BCUT2D eigenvalue weighted by Gasteiger charge is 2.47. The van der Waals surface area contributed by atoms with Crippen LogP contribution in [-0.2, 0) is 4.74 Å². The van der Waals surface area contributed by atoms with Gasteiger partial charge >= 0.3 is 0 Å². The first-order valence-corrected chi connectivity index (χ1v) is 5.90. The van der Waals surface area contributed by atoms with Crippen LogP contribution in [0.4, 0.5) is 0 Å². The summed E-state index contributed by atoms with van der Waals surface area (Å²) in [4.78, 5) is 2.32. The summed E-state index contributed by atoms with van der Waals surface area (Å²) in [6, 6.07) is 0.611. The molecule has 0 N–H and O–H groups in total. The van der Waals surface area contributed by atoms with Crippen molar-refractivity contribution < 1.29 is 4.74 Å². The Kier molecular flexibility index (Phi) is 4.39.